The largest absolute Gasteiger partial charge is 0.329 e. The van der Waals surface area contributed by atoms with Gasteiger partial charge in [-0.2, -0.15) is 0 Å². The van der Waals surface area contributed by atoms with E-state index in [1.54, 1.807) is 4.90 Å². The summed E-state index contributed by atoms with van der Waals surface area (Å²) >= 11 is 0. The van der Waals surface area contributed by atoms with Crippen molar-refractivity contribution in [2.24, 2.45) is 29.6 Å². The number of hydrogen-bond acceptors (Lipinski definition) is 1. The molecular formula is C21H38NO+. The van der Waals surface area contributed by atoms with Gasteiger partial charge < -0.3 is 4.90 Å². The number of hydrogen-bond donors (Lipinski definition) is 1. The Balaban J connectivity index is 1.41. The maximum atomic E-state index is 12.7. The first-order valence-corrected chi connectivity index (χ1v) is 10.5. The molecule has 2 heteroatoms. The third kappa shape index (κ3) is 4.59. The minimum atomic E-state index is 0.400. The van der Waals surface area contributed by atoms with Gasteiger partial charge in [0, 0.05) is 11.8 Å². The molecule has 3 unspecified atom stereocenters. The second-order valence-electron chi connectivity index (χ2n) is 9.10. The van der Waals surface area contributed by atoms with Gasteiger partial charge in [-0.05, 0) is 49.9 Å². The minimum Gasteiger partial charge on any atom is -0.329 e. The third-order valence-electron chi connectivity index (χ3n) is 7.50. The van der Waals surface area contributed by atoms with Gasteiger partial charge in [-0.1, -0.05) is 46.0 Å². The van der Waals surface area contributed by atoms with Crippen LogP contribution in [-0.2, 0) is 4.79 Å². The van der Waals surface area contributed by atoms with Gasteiger partial charge in [0.15, 0.2) is 5.78 Å². The number of nitrogens with one attached hydrogen (secondary N) is 1. The summed E-state index contributed by atoms with van der Waals surface area (Å²) in [5, 5.41) is 0. The lowest BCUT2D eigenvalue weighted by Crippen LogP contribution is -3.14. The molecule has 3 fully saturated rings. The van der Waals surface area contributed by atoms with E-state index in [2.05, 4.69) is 13.8 Å². The van der Waals surface area contributed by atoms with E-state index in [1.165, 1.54) is 77.3 Å². The number of quaternary nitrogens is 1. The molecule has 2 saturated carbocycles. The van der Waals surface area contributed by atoms with E-state index < -0.39 is 0 Å². The first-order valence-electron chi connectivity index (χ1n) is 10.5. The van der Waals surface area contributed by atoms with E-state index in [0.29, 0.717) is 11.7 Å². The average Bonchev–Trinajstić information content (AvgIpc) is 2.59. The van der Waals surface area contributed by atoms with Crippen LogP contribution in [0.4, 0.5) is 0 Å². The lowest BCUT2D eigenvalue weighted by molar-refractivity contribution is -0.902. The molecule has 2 aliphatic carbocycles. The molecule has 0 aromatic rings. The minimum absolute atomic E-state index is 0.400. The van der Waals surface area contributed by atoms with Gasteiger partial charge in [0.25, 0.3) is 0 Å². The summed E-state index contributed by atoms with van der Waals surface area (Å²) < 4.78 is 0. The molecule has 3 atom stereocenters. The van der Waals surface area contributed by atoms with Gasteiger partial charge in [0.1, 0.15) is 6.54 Å². The number of ketones is 1. The fourth-order valence-electron chi connectivity index (χ4n) is 5.54. The highest BCUT2D eigenvalue weighted by molar-refractivity contribution is 5.81. The van der Waals surface area contributed by atoms with Crippen LogP contribution in [0.3, 0.4) is 0 Å². The molecule has 3 aliphatic rings. The zero-order chi connectivity index (χ0) is 16.2. The second kappa shape index (κ2) is 8.14. The van der Waals surface area contributed by atoms with E-state index >= 15 is 0 Å². The van der Waals surface area contributed by atoms with Crippen molar-refractivity contribution in [3.63, 3.8) is 0 Å². The van der Waals surface area contributed by atoms with Crippen LogP contribution in [0.15, 0.2) is 0 Å². The van der Waals surface area contributed by atoms with Crippen molar-refractivity contribution in [1.29, 1.82) is 0 Å². The molecule has 1 aliphatic heterocycles. The van der Waals surface area contributed by atoms with E-state index in [4.69, 9.17) is 0 Å². The average molecular weight is 321 g/mol. The van der Waals surface area contributed by atoms with Crippen molar-refractivity contribution in [3.05, 3.63) is 0 Å². The van der Waals surface area contributed by atoms with E-state index in [9.17, 15) is 4.79 Å². The van der Waals surface area contributed by atoms with Crippen LogP contribution < -0.4 is 4.90 Å². The molecule has 1 heterocycles. The zero-order valence-corrected chi connectivity index (χ0v) is 15.5. The van der Waals surface area contributed by atoms with Crippen LogP contribution in [0.5, 0.6) is 0 Å². The van der Waals surface area contributed by atoms with Crippen molar-refractivity contribution in [2.45, 2.75) is 78.1 Å². The smallest absolute Gasteiger partial charge is 0.189 e. The molecule has 1 N–H and O–H groups in total. The first-order chi connectivity index (χ1) is 11.1. The van der Waals surface area contributed by atoms with E-state index in [0.717, 1.165) is 30.2 Å². The van der Waals surface area contributed by atoms with Gasteiger partial charge in [-0.15, -0.1) is 0 Å². The maximum Gasteiger partial charge on any atom is 0.189 e. The molecule has 0 aromatic heterocycles. The SMILES string of the molecule is CC1CC[NH+](CC(=O)C2CCC(C3CCCCC3)CC2)CC1C. The van der Waals surface area contributed by atoms with E-state index in [1.807, 2.05) is 0 Å². The Kier molecular flexibility index (Phi) is 6.18. The molecule has 3 rings (SSSR count). The standard InChI is InChI=1S/C21H37NO/c1-16-12-13-22(14-17(16)2)15-21(23)20-10-8-19(9-11-20)18-6-4-3-5-7-18/h16-20H,3-15H2,1-2H3/p+1. The fraction of sp³-hybridized carbons (Fsp3) is 0.952. The van der Waals surface area contributed by atoms with Crippen LogP contribution in [0.25, 0.3) is 0 Å². The van der Waals surface area contributed by atoms with Gasteiger partial charge in [-0.3, -0.25) is 4.79 Å². The molecule has 23 heavy (non-hydrogen) atoms. The summed E-state index contributed by atoms with van der Waals surface area (Å²) in [6.07, 6.45) is 13.7. The third-order valence-corrected chi connectivity index (χ3v) is 7.50. The highest BCUT2D eigenvalue weighted by Gasteiger charge is 2.33. The molecule has 1 saturated heterocycles. The van der Waals surface area contributed by atoms with Crippen molar-refractivity contribution >= 4 is 5.78 Å². The summed E-state index contributed by atoms with van der Waals surface area (Å²) in [5.41, 5.74) is 0. The topological polar surface area (TPSA) is 21.5 Å². The molecular weight excluding hydrogens is 282 g/mol. The number of rotatable bonds is 4. The number of carbonyl (C=O) groups is 1. The van der Waals surface area contributed by atoms with Crippen LogP contribution in [0.1, 0.15) is 78.1 Å². The Labute approximate surface area is 143 Å². The monoisotopic (exact) mass is 320 g/mol. The van der Waals surface area contributed by atoms with Gasteiger partial charge in [0.2, 0.25) is 0 Å². The summed E-state index contributed by atoms with van der Waals surface area (Å²) in [5.74, 6) is 4.56. The number of carbonyl (C=O) groups excluding carboxylic acids is 1. The van der Waals surface area contributed by atoms with Crippen LogP contribution in [0, 0.1) is 29.6 Å². The van der Waals surface area contributed by atoms with Gasteiger partial charge in [-0.25, -0.2) is 0 Å². The highest BCUT2D eigenvalue weighted by atomic mass is 16.1. The first kappa shape index (κ1) is 17.5. The Morgan fingerprint density at radius 1 is 0.826 bits per heavy atom. The Morgan fingerprint density at radius 3 is 2.13 bits per heavy atom. The number of Topliss-reactive ketones (excluding diaryl/α,β-unsaturated/α-hetero) is 1. The molecule has 132 valence electrons. The lowest BCUT2D eigenvalue weighted by atomic mass is 9.70. The van der Waals surface area contributed by atoms with Crippen molar-refractivity contribution < 1.29 is 9.69 Å². The van der Waals surface area contributed by atoms with Crippen LogP contribution in [-0.4, -0.2) is 25.4 Å². The van der Waals surface area contributed by atoms with Crippen LogP contribution in [0.2, 0.25) is 0 Å². The predicted octanol–water partition coefficient (Wildman–Crippen LogP) is 3.50. The Bertz CT molecular complexity index is 379. The Morgan fingerprint density at radius 2 is 1.48 bits per heavy atom. The van der Waals surface area contributed by atoms with Crippen molar-refractivity contribution in [2.75, 3.05) is 19.6 Å². The maximum absolute atomic E-state index is 12.7. The van der Waals surface area contributed by atoms with Gasteiger partial charge >= 0.3 is 0 Å². The van der Waals surface area contributed by atoms with Crippen LogP contribution >= 0.6 is 0 Å². The molecule has 0 radical (unpaired) electrons. The summed E-state index contributed by atoms with van der Waals surface area (Å²) in [6, 6.07) is 0. The van der Waals surface area contributed by atoms with Crippen molar-refractivity contribution in [3.8, 4) is 0 Å². The normalized spacial score (nSPS) is 40.0. The molecule has 0 amide bonds. The summed E-state index contributed by atoms with van der Waals surface area (Å²) in [4.78, 5) is 14.3. The zero-order valence-electron chi connectivity index (χ0n) is 15.5. The second-order valence-corrected chi connectivity index (χ2v) is 9.10. The molecule has 0 aromatic carbocycles. The molecule has 0 spiro atoms. The summed E-state index contributed by atoms with van der Waals surface area (Å²) in [7, 11) is 0. The fourth-order valence-corrected chi connectivity index (χ4v) is 5.54. The number of piperidine rings is 1. The predicted molar refractivity (Wildman–Crippen MR) is 95.5 cm³/mol. The summed E-state index contributed by atoms with van der Waals surface area (Å²) in [6.45, 7) is 7.98. The number of likely N-dealkylation sites (tertiary alicyclic amines) is 1. The molecule has 2 nitrogen and oxygen atoms in total. The van der Waals surface area contributed by atoms with Crippen molar-refractivity contribution in [1.82, 2.24) is 0 Å². The molecule has 0 bridgehead atoms. The highest BCUT2D eigenvalue weighted by Crippen LogP contribution is 2.40. The van der Waals surface area contributed by atoms with Gasteiger partial charge in [0.05, 0.1) is 13.1 Å². The Hall–Kier alpha value is -0.370. The quantitative estimate of drug-likeness (QED) is 0.841. The lowest BCUT2D eigenvalue weighted by Gasteiger charge is -2.36. The van der Waals surface area contributed by atoms with E-state index in [-0.39, 0.29) is 0 Å².